The zero-order valence-electron chi connectivity index (χ0n) is 11.1. The zero-order chi connectivity index (χ0) is 13.8. The van der Waals surface area contributed by atoms with Crippen LogP contribution in [0.5, 0.6) is 0 Å². The van der Waals surface area contributed by atoms with Gasteiger partial charge in [-0.1, -0.05) is 6.07 Å². The lowest BCUT2D eigenvalue weighted by Crippen LogP contribution is -2.11. The number of carbonyl (C=O) groups excluding carboxylic acids is 1. The van der Waals surface area contributed by atoms with Gasteiger partial charge in [-0.25, -0.2) is 4.79 Å². The molecular formula is C14H17N3O2. The molecule has 0 aliphatic rings. The van der Waals surface area contributed by atoms with Crippen molar-refractivity contribution in [3.63, 3.8) is 0 Å². The lowest BCUT2D eigenvalue weighted by Gasteiger charge is -2.08. The monoisotopic (exact) mass is 259 g/mol. The number of benzene rings is 1. The van der Waals surface area contributed by atoms with E-state index in [1.54, 1.807) is 29.1 Å². The third-order valence-corrected chi connectivity index (χ3v) is 3.11. The van der Waals surface area contributed by atoms with E-state index in [2.05, 4.69) is 5.10 Å². The lowest BCUT2D eigenvalue weighted by atomic mass is 10.1. The second-order valence-electron chi connectivity index (χ2n) is 4.35. The molecule has 2 rings (SSSR count). The molecule has 0 bridgehead atoms. The number of nitrogen functional groups attached to an aromatic ring is 1. The Morgan fingerprint density at radius 1 is 1.42 bits per heavy atom. The smallest absolute Gasteiger partial charge is 0.338 e. The minimum atomic E-state index is -0.341. The Bertz CT molecular complexity index is 590. The summed E-state index contributed by atoms with van der Waals surface area (Å²) in [6, 6.07) is 7.14. The summed E-state index contributed by atoms with van der Waals surface area (Å²) in [6.07, 6.45) is 2.36. The van der Waals surface area contributed by atoms with E-state index in [-0.39, 0.29) is 5.97 Å². The highest BCUT2D eigenvalue weighted by atomic mass is 16.5. The molecule has 0 atom stereocenters. The maximum Gasteiger partial charge on any atom is 0.338 e. The number of nitrogens with two attached hydrogens (primary N) is 1. The van der Waals surface area contributed by atoms with E-state index in [1.165, 1.54) is 0 Å². The highest BCUT2D eigenvalue weighted by molar-refractivity contribution is 5.92. The average Bonchev–Trinajstić information content (AvgIpc) is 2.78. The third kappa shape index (κ3) is 2.93. The van der Waals surface area contributed by atoms with E-state index in [0.29, 0.717) is 24.3 Å². The van der Waals surface area contributed by atoms with Crippen molar-refractivity contribution in [2.24, 2.45) is 7.05 Å². The molecule has 5 heteroatoms. The van der Waals surface area contributed by atoms with Gasteiger partial charge in [-0.15, -0.1) is 0 Å². The molecule has 0 fully saturated rings. The molecule has 19 heavy (non-hydrogen) atoms. The van der Waals surface area contributed by atoms with E-state index in [1.807, 2.05) is 20.0 Å². The third-order valence-electron chi connectivity index (χ3n) is 3.11. The Hall–Kier alpha value is -2.30. The number of nitrogens with zero attached hydrogens (tertiary/aromatic N) is 2. The van der Waals surface area contributed by atoms with Crippen LogP contribution in [0.3, 0.4) is 0 Å². The maximum atomic E-state index is 11.9. The molecule has 1 aromatic heterocycles. The topological polar surface area (TPSA) is 70.1 Å². The first-order valence-corrected chi connectivity index (χ1v) is 6.08. The van der Waals surface area contributed by atoms with Crippen LogP contribution in [0.25, 0.3) is 0 Å². The molecule has 0 amide bonds. The lowest BCUT2D eigenvalue weighted by molar-refractivity contribution is 0.0507. The molecule has 100 valence electrons. The van der Waals surface area contributed by atoms with Crippen LogP contribution in [0, 0.1) is 6.92 Å². The predicted molar refractivity (Wildman–Crippen MR) is 72.8 cm³/mol. The Labute approximate surface area is 112 Å². The van der Waals surface area contributed by atoms with E-state index >= 15 is 0 Å². The van der Waals surface area contributed by atoms with Gasteiger partial charge in [0.15, 0.2) is 0 Å². The molecule has 1 aromatic carbocycles. The Kier molecular flexibility index (Phi) is 3.85. The quantitative estimate of drug-likeness (QED) is 0.670. The van der Waals surface area contributed by atoms with Crippen molar-refractivity contribution in [3.05, 3.63) is 47.3 Å². The second kappa shape index (κ2) is 5.56. The first-order valence-electron chi connectivity index (χ1n) is 6.08. The van der Waals surface area contributed by atoms with Crippen molar-refractivity contribution in [1.29, 1.82) is 0 Å². The number of anilines is 1. The van der Waals surface area contributed by atoms with Gasteiger partial charge in [-0.2, -0.15) is 5.10 Å². The van der Waals surface area contributed by atoms with Gasteiger partial charge in [0.2, 0.25) is 0 Å². The number of rotatable bonds is 4. The van der Waals surface area contributed by atoms with Crippen molar-refractivity contribution in [1.82, 2.24) is 9.78 Å². The first kappa shape index (κ1) is 13.1. The van der Waals surface area contributed by atoms with Gasteiger partial charge in [0.1, 0.15) is 0 Å². The van der Waals surface area contributed by atoms with Gasteiger partial charge in [0, 0.05) is 31.0 Å². The first-order chi connectivity index (χ1) is 9.09. The molecular weight excluding hydrogens is 242 g/mol. The van der Waals surface area contributed by atoms with E-state index in [4.69, 9.17) is 10.5 Å². The number of esters is 1. The van der Waals surface area contributed by atoms with Crippen LogP contribution in [0.1, 0.15) is 21.6 Å². The Morgan fingerprint density at radius 3 is 2.89 bits per heavy atom. The predicted octanol–water partition coefficient (Wildman–Crippen LogP) is 1.71. The normalized spacial score (nSPS) is 10.4. The van der Waals surface area contributed by atoms with Crippen LogP contribution in [0.15, 0.2) is 30.5 Å². The van der Waals surface area contributed by atoms with E-state index in [9.17, 15) is 4.79 Å². The summed E-state index contributed by atoms with van der Waals surface area (Å²) in [7, 11) is 1.86. The van der Waals surface area contributed by atoms with Gasteiger partial charge in [0.05, 0.1) is 12.2 Å². The van der Waals surface area contributed by atoms with Gasteiger partial charge < -0.3 is 10.5 Å². The summed E-state index contributed by atoms with van der Waals surface area (Å²) < 4.78 is 7.02. The minimum Gasteiger partial charge on any atom is -0.462 e. The molecule has 0 saturated carbocycles. The summed E-state index contributed by atoms with van der Waals surface area (Å²) in [6.45, 7) is 2.14. The fraction of sp³-hybridized carbons (Fsp3) is 0.286. The van der Waals surface area contributed by atoms with Crippen molar-refractivity contribution in [2.75, 3.05) is 12.3 Å². The van der Waals surface area contributed by atoms with Crippen molar-refractivity contribution < 1.29 is 9.53 Å². The van der Waals surface area contributed by atoms with Crippen molar-refractivity contribution >= 4 is 11.7 Å². The highest BCUT2D eigenvalue weighted by Gasteiger charge is 2.12. The number of hydrogen-bond acceptors (Lipinski definition) is 4. The van der Waals surface area contributed by atoms with Gasteiger partial charge >= 0.3 is 5.97 Å². The molecule has 2 N–H and O–H groups in total. The average molecular weight is 259 g/mol. The molecule has 0 radical (unpaired) electrons. The van der Waals surface area contributed by atoms with Gasteiger partial charge in [0.25, 0.3) is 0 Å². The van der Waals surface area contributed by atoms with E-state index < -0.39 is 0 Å². The zero-order valence-corrected chi connectivity index (χ0v) is 11.1. The van der Waals surface area contributed by atoms with Crippen LogP contribution in [0.4, 0.5) is 5.69 Å². The van der Waals surface area contributed by atoms with Crippen LogP contribution in [-0.4, -0.2) is 22.4 Å². The summed E-state index contributed by atoms with van der Waals surface area (Å²) in [4.78, 5) is 11.9. The molecule has 5 nitrogen and oxygen atoms in total. The van der Waals surface area contributed by atoms with Crippen LogP contribution >= 0.6 is 0 Å². The van der Waals surface area contributed by atoms with Crippen LogP contribution in [0.2, 0.25) is 0 Å². The van der Waals surface area contributed by atoms with Crippen LogP contribution < -0.4 is 5.73 Å². The van der Waals surface area contributed by atoms with Crippen molar-refractivity contribution in [2.45, 2.75) is 13.3 Å². The summed E-state index contributed by atoms with van der Waals surface area (Å²) in [5.41, 5.74) is 8.66. The molecule has 0 aliphatic carbocycles. The summed E-state index contributed by atoms with van der Waals surface area (Å²) >= 11 is 0. The van der Waals surface area contributed by atoms with Gasteiger partial charge in [-0.05, 0) is 30.7 Å². The second-order valence-corrected chi connectivity index (χ2v) is 4.35. The SMILES string of the molecule is Cc1c(N)cccc1C(=O)OCCc1ccnn1C. The van der Waals surface area contributed by atoms with E-state index in [0.717, 1.165) is 11.3 Å². The number of aromatic nitrogens is 2. The number of aryl methyl sites for hydroxylation is 1. The minimum absolute atomic E-state index is 0.326. The fourth-order valence-electron chi connectivity index (χ4n) is 1.85. The molecule has 0 aliphatic heterocycles. The number of hydrogen-bond donors (Lipinski definition) is 1. The maximum absolute atomic E-state index is 11.9. The number of carbonyl (C=O) groups is 1. The molecule has 0 spiro atoms. The molecule has 2 aromatic rings. The largest absolute Gasteiger partial charge is 0.462 e. The van der Waals surface area contributed by atoms with Crippen molar-refractivity contribution in [3.8, 4) is 0 Å². The fourth-order valence-corrected chi connectivity index (χ4v) is 1.85. The standard InChI is InChI=1S/C14H17N3O2/c1-10-12(4-3-5-13(10)15)14(18)19-9-7-11-6-8-16-17(11)2/h3-6,8H,7,9,15H2,1-2H3. The Balaban J connectivity index is 1.95. The number of ether oxygens (including phenoxy) is 1. The molecule has 0 unspecified atom stereocenters. The Morgan fingerprint density at radius 2 is 2.21 bits per heavy atom. The summed E-state index contributed by atoms with van der Waals surface area (Å²) in [5.74, 6) is -0.341. The van der Waals surface area contributed by atoms with Gasteiger partial charge in [-0.3, -0.25) is 4.68 Å². The van der Waals surface area contributed by atoms with Crippen LogP contribution in [-0.2, 0) is 18.2 Å². The summed E-state index contributed by atoms with van der Waals surface area (Å²) in [5, 5.41) is 4.06. The highest BCUT2D eigenvalue weighted by Crippen LogP contribution is 2.16. The molecule has 1 heterocycles. The molecule has 0 saturated heterocycles.